The average molecular weight is 668 g/mol. The fourth-order valence-electron chi connectivity index (χ4n) is 8.66. The van der Waals surface area contributed by atoms with E-state index in [-0.39, 0.29) is 5.60 Å². The molecule has 0 N–H and O–H groups in total. The molecule has 0 spiro atoms. The predicted octanol–water partition coefficient (Wildman–Crippen LogP) is 12.2. The van der Waals surface area contributed by atoms with Gasteiger partial charge < -0.3 is 4.74 Å². The minimum atomic E-state index is -0.545. The molecule has 1 aliphatic carbocycles. The summed E-state index contributed by atoms with van der Waals surface area (Å²) in [5, 5.41) is 5.00. The molecular weight excluding hydrogens is 631 g/mol. The lowest BCUT2D eigenvalue weighted by atomic mass is 9.67. The van der Waals surface area contributed by atoms with Crippen molar-refractivity contribution in [2.45, 2.75) is 24.9 Å². The fraction of sp³-hybridized carbons (Fsp3) is 0.100. The summed E-state index contributed by atoms with van der Waals surface area (Å²) in [6, 6.07) is 65.0. The first kappa shape index (κ1) is 30.6. The number of benzene rings is 8. The third-order valence-electron chi connectivity index (χ3n) is 11.1. The molecule has 0 radical (unpaired) electrons. The van der Waals surface area contributed by atoms with E-state index in [0.29, 0.717) is 6.54 Å². The van der Waals surface area contributed by atoms with Crippen LogP contribution < -0.4 is 0 Å². The van der Waals surface area contributed by atoms with Crippen LogP contribution in [-0.2, 0) is 10.2 Å². The zero-order valence-corrected chi connectivity index (χ0v) is 29.3. The van der Waals surface area contributed by atoms with Crippen molar-refractivity contribution in [2.24, 2.45) is 4.99 Å². The van der Waals surface area contributed by atoms with Crippen molar-refractivity contribution in [2.75, 3.05) is 6.54 Å². The van der Waals surface area contributed by atoms with Crippen LogP contribution in [0, 0.1) is 0 Å². The Labute approximate surface area is 304 Å². The van der Waals surface area contributed by atoms with Gasteiger partial charge in [-0.25, -0.2) is 4.99 Å². The summed E-state index contributed by atoms with van der Waals surface area (Å²) in [6.45, 7) is 4.84. The SMILES string of the molecule is CC1(C)CN=C(c2ccc(-c3cc4c(c5ccccc35)-c3ccc(-c5ccc6ccccc6c5)cc3C4(c3ccccc3)c3ccccc3)cc2)O1. The maximum atomic E-state index is 6.18. The summed E-state index contributed by atoms with van der Waals surface area (Å²) in [7, 11) is 0. The van der Waals surface area contributed by atoms with Crippen molar-refractivity contribution in [3.05, 3.63) is 204 Å². The molecule has 0 aromatic heterocycles. The van der Waals surface area contributed by atoms with Crippen molar-refractivity contribution in [1.29, 1.82) is 0 Å². The number of nitrogens with zero attached hydrogens (tertiary/aromatic N) is 1. The molecule has 0 unspecified atom stereocenters. The molecule has 2 heteroatoms. The van der Waals surface area contributed by atoms with Crippen molar-refractivity contribution < 1.29 is 4.74 Å². The maximum absolute atomic E-state index is 6.18. The maximum Gasteiger partial charge on any atom is 0.216 e. The molecule has 0 saturated carbocycles. The molecule has 2 nitrogen and oxygen atoms in total. The van der Waals surface area contributed by atoms with E-state index in [4.69, 9.17) is 9.73 Å². The molecule has 10 rings (SSSR count). The minimum Gasteiger partial charge on any atom is -0.469 e. The molecule has 0 amide bonds. The van der Waals surface area contributed by atoms with Gasteiger partial charge in [-0.3, -0.25) is 0 Å². The molecule has 8 aromatic rings. The largest absolute Gasteiger partial charge is 0.469 e. The standard InChI is InChI=1S/C50H37NO/c1-49(2)32-51-48(52-49)35-24-22-34(23-25-35)44-31-46-47(42-20-12-11-19-41(42)44)43-28-27-38(37-26-21-33-13-9-10-14-36(33)29-37)30-45(43)50(46,39-15-5-3-6-16-39)40-17-7-4-8-18-40/h3-31H,32H2,1-2H3. The number of hydrogen-bond acceptors (Lipinski definition) is 2. The first-order valence-electron chi connectivity index (χ1n) is 18.2. The number of ether oxygens (including phenoxy) is 1. The summed E-state index contributed by atoms with van der Waals surface area (Å²) in [6.07, 6.45) is 0. The highest BCUT2D eigenvalue weighted by molar-refractivity contribution is 6.10. The minimum absolute atomic E-state index is 0.272. The summed E-state index contributed by atoms with van der Waals surface area (Å²) in [5.41, 5.74) is 12.7. The number of fused-ring (bicyclic) bond motifs is 6. The van der Waals surface area contributed by atoms with Crippen LogP contribution in [0.5, 0.6) is 0 Å². The highest BCUT2D eigenvalue weighted by Gasteiger charge is 2.47. The molecule has 0 fully saturated rings. The Morgan fingerprint density at radius 2 is 1.04 bits per heavy atom. The molecule has 8 aromatic carbocycles. The van der Waals surface area contributed by atoms with E-state index in [1.54, 1.807) is 0 Å². The van der Waals surface area contributed by atoms with Crippen LogP contribution in [0.2, 0.25) is 0 Å². The molecule has 1 heterocycles. The first-order chi connectivity index (χ1) is 25.5. The molecule has 52 heavy (non-hydrogen) atoms. The van der Waals surface area contributed by atoms with Gasteiger partial charge in [0.2, 0.25) is 5.90 Å². The number of rotatable bonds is 5. The van der Waals surface area contributed by atoms with Gasteiger partial charge in [0.05, 0.1) is 12.0 Å². The second-order valence-corrected chi connectivity index (χ2v) is 14.8. The predicted molar refractivity (Wildman–Crippen MR) is 216 cm³/mol. The quantitative estimate of drug-likeness (QED) is 0.179. The number of hydrogen-bond donors (Lipinski definition) is 0. The van der Waals surface area contributed by atoms with E-state index in [2.05, 4.69) is 190 Å². The first-order valence-corrected chi connectivity index (χ1v) is 18.2. The van der Waals surface area contributed by atoms with Crippen LogP contribution in [0.1, 0.15) is 41.7 Å². The zero-order chi connectivity index (χ0) is 34.9. The smallest absolute Gasteiger partial charge is 0.216 e. The molecule has 248 valence electrons. The van der Waals surface area contributed by atoms with E-state index < -0.39 is 5.41 Å². The van der Waals surface area contributed by atoms with Gasteiger partial charge in [0.1, 0.15) is 5.60 Å². The highest BCUT2D eigenvalue weighted by atomic mass is 16.5. The van der Waals surface area contributed by atoms with E-state index in [0.717, 1.165) is 11.5 Å². The molecule has 2 aliphatic rings. The lowest BCUT2D eigenvalue weighted by Crippen LogP contribution is -2.28. The second-order valence-electron chi connectivity index (χ2n) is 14.8. The Bertz CT molecular complexity index is 2650. The van der Waals surface area contributed by atoms with E-state index in [1.165, 1.54) is 77.2 Å². The van der Waals surface area contributed by atoms with Gasteiger partial charge in [-0.15, -0.1) is 0 Å². The highest BCUT2D eigenvalue weighted by Crippen LogP contribution is 2.59. The van der Waals surface area contributed by atoms with Gasteiger partial charge in [-0.1, -0.05) is 146 Å². The van der Waals surface area contributed by atoms with Crippen LogP contribution in [0.4, 0.5) is 0 Å². The topological polar surface area (TPSA) is 21.6 Å². The van der Waals surface area contributed by atoms with Crippen molar-refractivity contribution in [1.82, 2.24) is 0 Å². The summed E-state index contributed by atoms with van der Waals surface area (Å²) < 4.78 is 6.18. The molecular formula is C50H37NO. The number of aliphatic imine (C=N–C) groups is 1. The normalized spacial score (nSPS) is 15.2. The molecule has 0 atom stereocenters. The van der Waals surface area contributed by atoms with Gasteiger partial charge >= 0.3 is 0 Å². The Morgan fingerprint density at radius 3 is 1.73 bits per heavy atom. The van der Waals surface area contributed by atoms with Crippen molar-refractivity contribution in [3.8, 4) is 33.4 Å². The molecule has 0 bridgehead atoms. The second kappa shape index (κ2) is 11.6. The van der Waals surface area contributed by atoms with Crippen molar-refractivity contribution >= 4 is 27.4 Å². The van der Waals surface area contributed by atoms with Crippen LogP contribution in [-0.4, -0.2) is 18.0 Å². The van der Waals surface area contributed by atoms with Gasteiger partial charge in [0, 0.05) is 5.56 Å². The fourth-order valence-corrected chi connectivity index (χ4v) is 8.66. The van der Waals surface area contributed by atoms with E-state index in [1.807, 2.05) is 0 Å². The van der Waals surface area contributed by atoms with Crippen molar-refractivity contribution in [3.63, 3.8) is 0 Å². The zero-order valence-electron chi connectivity index (χ0n) is 29.3. The molecule has 0 saturated heterocycles. The van der Waals surface area contributed by atoms with Gasteiger partial charge in [0.15, 0.2) is 0 Å². The van der Waals surface area contributed by atoms with E-state index in [9.17, 15) is 0 Å². The lowest BCUT2D eigenvalue weighted by Gasteiger charge is -2.34. The van der Waals surface area contributed by atoms with Gasteiger partial charge in [0.25, 0.3) is 0 Å². The Balaban J connectivity index is 1.25. The Kier molecular flexibility index (Phi) is 6.85. The average Bonchev–Trinajstić information content (AvgIpc) is 3.72. The van der Waals surface area contributed by atoms with E-state index >= 15 is 0 Å². The monoisotopic (exact) mass is 667 g/mol. The van der Waals surface area contributed by atoms with Crippen LogP contribution in [0.3, 0.4) is 0 Å². The van der Waals surface area contributed by atoms with Gasteiger partial charge in [-0.05, 0) is 121 Å². The Morgan fingerprint density at radius 1 is 0.462 bits per heavy atom. The van der Waals surface area contributed by atoms with Gasteiger partial charge in [-0.2, -0.15) is 0 Å². The summed E-state index contributed by atoms with van der Waals surface area (Å²) in [5.74, 6) is 0.722. The molecule has 1 aliphatic heterocycles. The third-order valence-corrected chi connectivity index (χ3v) is 11.1. The Hall–Kier alpha value is -6.25. The summed E-state index contributed by atoms with van der Waals surface area (Å²) >= 11 is 0. The van der Waals surface area contributed by atoms with Crippen LogP contribution in [0.25, 0.3) is 54.9 Å². The lowest BCUT2D eigenvalue weighted by molar-refractivity contribution is 0.131. The van der Waals surface area contributed by atoms with Crippen LogP contribution in [0.15, 0.2) is 181 Å². The van der Waals surface area contributed by atoms with Crippen LogP contribution >= 0.6 is 0 Å². The summed E-state index contributed by atoms with van der Waals surface area (Å²) in [4.78, 5) is 4.71. The third kappa shape index (κ3) is 4.68.